The summed E-state index contributed by atoms with van der Waals surface area (Å²) in [7, 11) is -2.99. The summed E-state index contributed by atoms with van der Waals surface area (Å²) in [6.07, 6.45) is 0.584. The van der Waals surface area contributed by atoms with Gasteiger partial charge in [-0.25, -0.2) is 13.4 Å². The Hall–Kier alpha value is -1.41. The molecule has 2 aromatic rings. The molecule has 1 atom stereocenters. The maximum Gasteiger partial charge on any atom is 0.226 e. The van der Waals surface area contributed by atoms with Crippen LogP contribution in [-0.4, -0.2) is 54.1 Å². The Bertz CT molecular complexity index is 850. The van der Waals surface area contributed by atoms with Crippen LogP contribution in [0.1, 0.15) is 17.9 Å². The van der Waals surface area contributed by atoms with E-state index in [1.54, 1.807) is 12.1 Å². The average molecular weight is 385 g/mol. The monoisotopic (exact) mass is 384 g/mol. The van der Waals surface area contributed by atoms with E-state index in [-0.39, 0.29) is 24.2 Å². The molecule has 2 heterocycles. The number of rotatable bonds is 6. The summed E-state index contributed by atoms with van der Waals surface area (Å²) in [4.78, 5) is 6.52. The van der Waals surface area contributed by atoms with Crippen molar-refractivity contribution in [2.45, 2.75) is 25.9 Å². The molecule has 1 saturated heterocycles. The largest absolute Gasteiger partial charge is 0.441 e. The third kappa shape index (κ3) is 4.41. The predicted molar refractivity (Wildman–Crippen MR) is 96.2 cm³/mol. The van der Waals surface area contributed by atoms with Crippen molar-refractivity contribution in [3.63, 3.8) is 0 Å². The highest BCUT2D eigenvalue weighted by Crippen LogP contribution is 2.26. The molecule has 0 radical (unpaired) electrons. The number of halogens is 1. The number of benzene rings is 1. The van der Waals surface area contributed by atoms with Gasteiger partial charge in [-0.1, -0.05) is 17.7 Å². The molecular weight excluding hydrogens is 364 g/mol. The molecule has 1 fully saturated rings. The Kier molecular flexibility index (Phi) is 5.48. The molecule has 136 valence electrons. The van der Waals surface area contributed by atoms with Crippen molar-refractivity contribution in [3.05, 3.63) is 40.7 Å². The number of oxazole rings is 1. The molecule has 0 spiro atoms. The first-order valence-electron chi connectivity index (χ1n) is 8.15. The molecule has 1 aliphatic rings. The highest BCUT2D eigenvalue weighted by Gasteiger charge is 2.32. The highest BCUT2D eigenvalue weighted by molar-refractivity contribution is 7.91. The van der Waals surface area contributed by atoms with Crippen LogP contribution in [0, 0.1) is 6.92 Å². The molecule has 1 aromatic carbocycles. The Morgan fingerprint density at radius 2 is 2.24 bits per heavy atom. The number of aliphatic hydroxyl groups excluding tert-OH is 1. The van der Waals surface area contributed by atoms with Crippen molar-refractivity contribution in [2.24, 2.45) is 0 Å². The molecule has 25 heavy (non-hydrogen) atoms. The summed E-state index contributed by atoms with van der Waals surface area (Å²) in [6, 6.07) is 7.17. The fourth-order valence-electron chi connectivity index (χ4n) is 3.09. The smallest absolute Gasteiger partial charge is 0.226 e. The maximum absolute atomic E-state index is 11.8. The van der Waals surface area contributed by atoms with Gasteiger partial charge in [-0.15, -0.1) is 0 Å². The predicted octanol–water partition coefficient (Wildman–Crippen LogP) is 2.28. The van der Waals surface area contributed by atoms with Crippen molar-refractivity contribution >= 4 is 21.4 Å². The van der Waals surface area contributed by atoms with Crippen molar-refractivity contribution in [2.75, 3.05) is 24.7 Å². The summed E-state index contributed by atoms with van der Waals surface area (Å²) in [5.41, 5.74) is 1.53. The van der Waals surface area contributed by atoms with Crippen LogP contribution >= 0.6 is 11.6 Å². The SMILES string of the molecule is Cc1oc(-c2cccc(Cl)c2)nc1CN(CCO)C1CCS(=O)(=O)C1. The Balaban J connectivity index is 1.81. The van der Waals surface area contributed by atoms with Crippen LogP contribution in [0.15, 0.2) is 28.7 Å². The van der Waals surface area contributed by atoms with E-state index in [0.717, 1.165) is 11.3 Å². The van der Waals surface area contributed by atoms with Crippen LogP contribution in [-0.2, 0) is 16.4 Å². The van der Waals surface area contributed by atoms with E-state index in [1.165, 1.54) is 0 Å². The lowest BCUT2D eigenvalue weighted by Crippen LogP contribution is -2.38. The number of hydrogen-bond acceptors (Lipinski definition) is 6. The molecule has 6 nitrogen and oxygen atoms in total. The Labute approximate surface area is 152 Å². The van der Waals surface area contributed by atoms with Crippen LogP contribution in [0.4, 0.5) is 0 Å². The zero-order chi connectivity index (χ0) is 18.0. The van der Waals surface area contributed by atoms with Gasteiger partial charge >= 0.3 is 0 Å². The van der Waals surface area contributed by atoms with Crippen molar-refractivity contribution in [1.82, 2.24) is 9.88 Å². The lowest BCUT2D eigenvalue weighted by molar-refractivity contribution is 0.152. The Morgan fingerprint density at radius 1 is 1.44 bits per heavy atom. The number of sulfone groups is 1. The van der Waals surface area contributed by atoms with E-state index in [2.05, 4.69) is 4.98 Å². The summed E-state index contributed by atoms with van der Waals surface area (Å²) in [5, 5.41) is 9.94. The first-order chi connectivity index (χ1) is 11.9. The van der Waals surface area contributed by atoms with Crippen LogP contribution < -0.4 is 0 Å². The van der Waals surface area contributed by atoms with E-state index in [4.69, 9.17) is 16.0 Å². The van der Waals surface area contributed by atoms with E-state index in [0.29, 0.717) is 36.2 Å². The van der Waals surface area contributed by atoms with Gasteiger partial charge in [0.05, 0.1) is 23.8 Å². The summed E-state index contributed by atoms with van der Waals surface area (Å²) in [5.74, 6) is 1.49. The summed E-state index contributed by atoms with van der Waals surface area (Å²) < 4.78 is 29.3. The average Bonchev–Trinajstić information content (AvgIpc) is 3.10. The zero-order valence-corrected chi connectivity index (χ0v) is 15.6. The van der Waals surface area contributed by atoms with Crippen molar-refractivity contribution in [1.29, 1.82) is 0 Å². The van der Waals surface area contributed by atoms with E-state index < -0.39 is 9.84 Å². The van der Waals surface area contributed by atoms with E-state index in [9.17, 15) is 13.5 Å². The van der Waals surface area contributed by atoms with Crippen molar-refractivity contribution < 1.29 is 17.9 Å². The van der Waals surface area contributed by atoms with Crippen molar-refractivity contribution in [3.8, 4) is 11.5 Å². The lowest BCUT2D eigenvalue weighted by Gasteiger charge is -2.26. The van der Waals surface area contributed by atoms with Crippen LogP contribution in [0.5, 0.6) is 0 Å². The molecule has 1 unspecified atom stereocenters. The van der Waals surface area contributed by atoms with Gasteiger partial charge in [0.15, 0.2) is 9.84 Å². The third-order valence-electron chi connectivity index (χ3n) is 4.43. The standard InChI is InChI=1S/C17H21ClN2O4S/c1-12-16(19-17(24-12)13-3-2-4-14(18)9-13)10-20(6-7-21)15-5-8-25(22,23)11-15/h2-4,9,15,21H,5-8,10-11H2,1H3. The molecule has 1 aromatic heterocycles. The van der Waals surface area contributed by atoms with Gasteiger partial charge in [0.25, 0.3) is 0 Å². The summed E-state index contributed by atoms with van der Waals surface area (Å²) >= 11 is 6.02. The number of aromatic nitrogens is 1. The fourth-order valence-corrected chi connectivity index (χ4v) is 5.05. The van der Waals surface area contributed by atoms with Gasteiger partial charge in [0.1, 0.15) is 5.76 Å². The topological polar surface area (TPSA) is 83.6 Å². The quantitative estimate of drug-likeness (QED) is 0.822. The molecule has 0 saturated carbocycles. The van der Waals surface area contributed by atoms with Crippen LogP contribution in [0.25, 0.3) is 11.5 Å². The number of aliphatic hydroxyl groups is 1. The van der Waals surface area contributed by atoms with Crippen LogP contribution in [0.2, 0.25) is 5.02 Å². The van der Waals surface area contributed by atoms with Gasteiger partial charge in [0, 0.05) is 29.7 Å². The number of nitrogens with zero attached hydrogens (tertiary/aromatic N) is 2. The molecule has 0 bridgehead atoms. The van der Waals surface area contributed by atoms with Gasteiger partial charge in [-0.2, -0.15) is 0 Å². The molecule has 1 aliphatic heterocycles. The Morgan fingerprint density at radius 3 is 2.88 bits per heavy atom. The molecule has 0 amide bonds. The van der Waals surface area contributed by atoms with E-state index >= 15 is 0 Å². The normalized spacial score (nSPS) is 19.6. The molecule has 8 heteroatoms. The van der Waals surface area contributed by atoms with Gasteiger partial charge in [-0.05, 0) is 31.5 Å². The highest BCUT2D eigenvalue weighted by atomic mass is 35.5. The first kappa shape index (κ1) is 18.4. The van der Waals surface area contributed by atoms with Gasteiger partial charge in [-0.3, -0.25) is 4.90 Å². The number of hydrogen-bond donors (Lipinski definition) is 1. The lowest BCUT2D eigenvalue weighted by atomic mass is 10.2. The number of aryl methyl sites for hydroxylation is 1. The first-order valence-corrected chi connectivity index (χ1v) is 10.4. The van der Waals surface area contributed by atoms with Gasteiger partial charge in [0.2, 0.25) is 5.89 Å². The van der Waals surface area contributed by atoms with Crippen LogP contribution in [0.3, 0.4) is 0 Å². The fraction of sp³-hybridized carbons (Fsp3) is 0.471. The minimum Gasteiger partial charge on any atom is -0.441 e. The second kappa shape index (κ2) is 7.45. The third-order valence-corrected chi connectivity index (χ3v) is 6.41. The van der Waals surface area contributed by atoms with Gasteiger partial charge < -0.3 is 9.52 Å². The molecule has 1 N–H and O–H groups in total. The minimum absolute atomic E-state index is 0.0331. The maximum atomic E-state index is 11.8. The minimum atomic E-state index is -2.99. The molecule has 0 aliphatic carbocycles. The second-order valence-corrected chi connectivity index (χ2v) is 8.95. The van der Waals surface area contributed by atoms with E-state index in [1.807, 2.05) is 24.0 Å². The second-order valence-electron chi connectivity index (χ2n) is 6.28. The molecule has 3 rings (SSSR count). The summed E-state index contributed by atoms with van der Waals surface area (Å²) in [6.45, 7) is 2.64. The molecular formula is C17H21ClN2O4S. The zero-order valence-electron chi connectivity index (χ0n) is 14.0.